The number of hydrogen-bond acceptors (Lipinski definition) is 6. The predicted molar refractivity (Wildman–Crippen MR) is 59.2 cm³/mol. The number of carbonyl (C=O) groups is 1. The molecule has 7 nitrogen and oxygen atoms in total. The van der Waals surface area contributed by atoms with Crippen molar-refractivity contribution in [2.75, 3.05) is 12.8 Å². The topological polar surface area (TPSA) is 114 Å². The van der Waals surface area contributed by atoms with Gasteiger partial charge in [0.2, 0.25) is 0 Å². The Bertz CT molecular complexity index is 564. The second kappa shape index (κ2) is 4.12. The summed E-state index contributed by atoms with van der Waals surface area (Å²) in [4.78, 5) is 15.1. The molecule has 0 aliphatic carbocycles. The molecule has 4 N–H and O–H groups in total. The van der Waals surface area contributed by atoms with E-state index >= 15 is 0 Å². The van der Waals surface area contributed by atoms with Gasteiger partial charge in [-0.3, -0.25) is 4.79 Å². The van der Waals surface area contributed by atoms with Crippen molar-refractivity contribution < 1.29 is 14.4 Å². The SMILES string of the molecule is CNC(=O)c1noc(-c2ccc(N)c(O)c2)n1. The third kappa shape index (κ3) is 2.03. The number of nitrogens with zero attached hydrogens (tertiary/aromatic N) is 2. The Hall–Kier alpha value is -2.57. The number of amides is 1. The van der Waals surface area contributed by atoms with Crippen LogP contribution in [0.4, 0.5) is 5.69 Å². The third-order valence-corrected chi connectivity index (χ3v) is 2.13. The van der Waals surface area contributed by atoms with Crippen molar-refractivity contribution in [1.82, 2.24) is 15.5 Å². The minimum atomic E-state index is -0.445. The van der Waals surface area contributed by atoms with E-state index in [1.807, 2.05) is 0 Å². The second-order valence-corrected chi connectivity index (χ2v) is 3.28. The number of benzene rings is 1. The first-order chi connectivity index (χ1) is 8.11. The van der Waals surface area contributed by atoms with E-state index in [4.69, 9.17) is 10.3 Å². The van der Waals surface area contributed by atoms with Crippen LogP contribution in [0.2, 0.25) is 0 Å². The summed E-state index contributed by atoms with van der Waals surface area (Å²) in [6.07, 6.45) is 0. The summed E-state index contributed by atoms with van der Waals surface area (Å²) in [5.74, 6) is -0.459. The smallest absolute Gasteiger partial charge is 0.292 e. The van der Waals surface area contributed by atoms with Crippen LogP contribution in [-0.2, 0) is 0 Å². The predicted octanol–water partition coefficient (Wildman–Crippen LogP) is 0.384. The van der Waals surface area contributed by atoms with Gasteiger partial charge >= 0.3 is 0 Å². The highest BCUT2D eigenvalue weighted by Gasteiger charge is 2.14. The molecule has 1 heterocycles. The van der Waals surface area contributed by atoms with Gasteiger partial charge < -0.3 is 20.7 Å². The minimum Gasteiger partial charge on any atom is -0.506 e. The highest BCUT2D eigenvalue weighted by molar-refractivity contribution is 5.90. The monoisotopic (exact) mass is 234 g/mol. The zero-order chi connectivity index (χ0) is 12.4. The fraction of sp³-hybridized carbons (Fsp3) is 0.100. The number of nitrogen functional groups attached to an aromatic ring is 1. The van der Waals surface area contributed by atoms with Crippen LogP contribution in [0.25, 0.3) is 11.5 Å². The molecule has 0 saturated heterocycles. The standard InChI is InChI=1S/C10H10N4O3/c1-12-9(16)8-13-10(17-14-8)5-2-3-6(11)7(15)4-5/h2-4,15H,11H2,1H3,(H,12,16). The van der Waals surface area contributed by atoms with E-state index in [0.717, 1.165) is 0 Å². The fourth-order valence-corrected chi connectivity index (χ4v) is 1.22. The van der Waals surface area contributed by atoms with E-state index < -0.39 is 5.91 Å². The van der Waals surface area contributed by atoms with Gasteiger partial charge in [-0.2, -0.15) is 4.98 Å². The molecule has 0 bridgehead atoms. The van der Waals surface area contributed by atoms with Gasteiger partial charge in [0, 0.05) is 12.6 Å². The lowest BCUT2D eigenvalue weighted by Crippen LogP contribution is -2.19. The fourth-order valence-electron chi connectivity index (χ4n) is 1.22. The maximum atomic E-state index is 11.2. The Morgan fingerprint density at radius 1 is 1.53 bits per heavy atom. The van der Waals surface area contributed by atoms with Gasteiger partial charge in [0.1, 0.15) is 5.75 Å². The van der Waals surface area contributed by atoms with Crippen LogP contribution in [0.1, 0.15) is 10.6 Å². The second-order valence-electron chi connectivity index (χ2n) is 3.28. The number of rotatable bonds is 2. The summed E-state index contributed by atoms with van der Waals surface area (Å²) < 4.78 is 4.89. The Balaban J connectivity index is 2.37. The van der Waals surface area contributed by atoms with Crippen LogP contribution in [0.5, 0.6) is 5.75 Å². The molecule has 17 heavy (non-hydrogen) atoms. The highest BCUT2D eigenvalue weighted by Crippen LogP contribution is 2.26. The molecule has 0 fully saturated rings. The van der Waals surface area contributed by atoms with Crippen LogP contribution in [0.15, 0.2) is 22.7 Å². The Kier molecular flexibility index (Phi) is 2.65. The molecule has 7 heteroatoms. The van der Waals surface area contributed by atoms with Gasteiger partial charge in [-0.15, -0.1) is 0 Å². The summed E-state index contributed by atoms with van der Waals surface area (Å²) in [7, 11) is 1.47. The summed E-state index contributed by atoms with van der Waals surface area (Å²) in [5, 5.41) is 15.3. The summed E-state index contributed by atoms with van der Waals surface area (Å²) in [5.41, 5.74) is 6.20. The van der Waals surface area contributed by atoms with Crippen LogP contribution < -0.4 is 11.1 Å². The number of nitrogens with two attached hydrogens (primary N) is 1. The third-order valence-electron chi connectivity index (χ3n) is 2.13. The van der Waals surface area contributed by atoms with E-state index in [9.17, 15) is 9.90 Å². The molecule has 0 aliphatic rings. The maximum absolute atomic E-state index is 11.2. The van der Waals surface area contributed by atoms with Gasteiger partial charge in [0.05, 0.1) is 5.69 Å². The normalized spacial score (nSPS) is 10.2. The van der Waals surface area contributed by atoms with E-state index in [2.05, 4.69) is 15.5 Å². The van der Waals surface area contributed by atoms with Gasteiger partial charge in [-0.1, -0.05) is 5.16 Å². The molecule has 0 spiro atoms. The van der Waals surface area contributed by atoms with Crippen molar-refractivity contribution >= 4 is 11.6 Å². The highest BCUT2D eigenvalue weighted by atomic mass is 16.5. The quantitative estimate of drug-likeness (QED) is 0.511. The van der Waals surface area contributed by atoms with Crippen molar-refractivity contribution in [3.63, 3.8) is 0 Å². The number of phenolic OH excluding ortho intramolecular Hbond substituents is 1. The molecule has 0 radical (unpaired) electrons. The van der Waals surface area contributed by atoms with E-state index in [-0.39, 0.29) is 23.2 Å². The Labute approximate surface area is 96.2 Å². The molecule has 88 valence electrons. The van der Waals surface area contributed by atoms with E-state index in [0.29, 0.717) is 5.56 Å². The van der Waals surface area contributed by atoms with Crippen LogP contribution in [0.3, 0.4) is 0 Å². The van der Waals surface area contributed by atoms with Gasteiger partial charge in [-0.25, -0.2) is 0 Å². The maximum Gasteiger partial charge on any atom is 0.292 e. The minimum absolute atomic E-state index is 0.0705. The molecule has 2 aromatic rings. The number of carbonyl (C=O) groups excluding carboxylic acids is 1. The van der Waals surface area contributed by atoms with E-state index in [1.165, 1.54) is 19.2 Å². The largest absolute Gasteiger partial charge is 0.506 e. The zero-order valence-corrected chi connectivity index (χ0v) is 8.97. The summed E-state index contributed by atoms with van der Waals surface area (Å²) >= 11 is 0. The number of hydrogen-bond donors (Lipinski definition) is 3. The zero-order valence-electron chi connectivity index (χ0n) is 8.97. The molecule has 0 unspecified atom stereocenters. The summed E-state index contributed by atoms with van der Waals surface area (Å²) in [6, 6.07) is 4.50. The first-order valence-electron chi connectivity index (χ1n) is 4.76. The van der Waals surface area contributed by atoms with Crippen molar-refractivity contribution in [1.29, 1.82) is 0 Å². The number of anilines is 1. The summed E-state index contributed by atoms with van der Waals surface area (Å²) in [6.45, 7) is 0. The van der Waals surface area contributed by atoms with E-state index in [1.54, 1.807) is 6.07 Å². The molecule has 0 aliphatic heterocycles. The molecular weight excluding hydrogens is 224 g/mol. The lowest BCUT2D eigenvalue weighted by molar-refractivity contribution is 0.0950. The molecule has 1 aromatic carbocycles. The average Bonchev–Trinajstić information content (AvgIpc) is 2.81. The van der Waals surface area contributed by atoms with Gasteiger partial charge in [0.15, 0.2) is 0 Å². The lowest BCUT2D eigenvalue weighted by atomic mass is 10.2. The van der Waals surface area contributed by atoms with Crippen molar-refractivity contribution in [2.45, 2.75) is 0 Å². The van der Waals surface area contributed by atoms with Crippen LogP contribution >= 0.6 is 0 Å². The molecule has 2 rings (SSSR count). The van der Waals surface area contributed by atoms with Crippen molar-refractivity contribution in [2.24, 2.45) is 0 Å². The molecule has 0 atom stereocenters. The molecular formula is C10H10N4O3. The van der Waals surface area contributed by atoms with Crippen molar-refractivity contribution in [3.05, 3.63) is 24.0 Å². The first-order valence-corrected chi connectivity index (χ1v) is 4.76. The Morgan fingerprint density at radius 3 is 2.94 bits per heavy atom. The average molecular weight is 234 g/mol. The van der Waals surface area contributed by atoms with Gasteiger partial charge in [-0.05, 0) is 18.2 Å². The van der Waals surface area contributed by atoms with Crippen LogP contribution in [-0.4, -0.2) is 28.2 Å². The molecule has 0 saturated carbocycles. The van der Waals surface area contributed by atoms with Crippen molar-refractivity contribution in [3.8, 4) is 17.2 Å². The van der Waals surface area contributed by atoms with Crippen LogP contribution in [0, 0.1) is 0 Å². The lowest BCUT2D eigenvalue weighted by Gasteiger charge is -1.99. The number of phenols is 1. The molecule has 1 amide bonds. The first kappa shape index (κ1) is 10.9. The Morgan fingerprint density at radius 2 is 2.29 bits per heavy atom. The molecule has 1 aromatic heterocycles. The number of aromatic nitrogens is 2. The number of nitrogens with one attached hydrogen (secondary N) is 1. The number of aromatic hydroxyl groups is 1. The van der Waals surface area contributed by atoms with Gasteiger partial charge in [0.25, 0.3) is 17.6 Å².